The molecule has 1 fully saturated rings. The Morgan fingerprint density at radius 3 is 2.94 bits per heavy atom. The van der Waals surface area contributed by atoms with Gasteiger partial charge in [-0.25, -0.2) is 12.8 Å². The summed E-state index contributed by atoms with van der Waals surface area (Å²) in [6.45, 7) is 2.36. The predicted molar refractivity (Wildman–Crippen MR) is 61.3 cm³/mol. The van der Waals surface area contributed by atoms with Crippen molar-refractivity contribution in [2.24, 2.45) is 0 Å². The van der Waals surface area contributed by atoms with Gasteiger partial charge in [0.25, 0.3) is 0 Å². The molecule has 1 aliphatic rings. The van der Waals surface area contributed by atoms with E-state index in [1.54, 1.807) is 25.1 Å². The van der Waals surface area contributed by atoms with Crippen molar-refractivity contribution in [3.63, 3.8) is 0 Å². The second kappa shape index (κ2) is 4.72. The van der Waals surface area contributed by atoms with Gasteiger partial charge >= 0.3 is 0 Å². The van der Waals surface area contributed by atoms with Crippen LogP contribution in [0.4, 0.5) is 4.39 Å². The molecule has 0 bridgehead atoms. The minimum atomic E-state index is -3.41. The Labute approximate surface area is 100 Å². The number of nitrogens with zero attached hydrogens (tertiary/aromatic N) is 1. The van der Waals surface area contributed by atoms with Crippen LogP contribution in [0, 0.1) is 12.7 Å². The van der Waals surface area contributed by atoms with Crippen LogP contribution in [0.3, 0.4) is 0 Å². The second-order valence-electron chi connectivity index (χ2n) is 4.02. The molecule has 1 saturated heterocycles. The Bertz CT molecular complexity index is 515. The Hall–Kier alpha value is -0.980. The summed E-state index contributed by atoms with van der Waals surface area (Å²) >= 11 is 0. The molecular weight excluding hydrogens is 245 g/mol. The lowest BCUT2D eigenvalue weighted by Crippen LogP contribution is -2.40. The van der Waals surface area contributed by atoms with Crippen molar-refractivity contribution in [1.29, 1.82) is 0 Å². The molecule has 1 aliphatic heterocycles. The minimum absolute atomic E-state index is 0.0687. The number of sulfonamides is 1. The van der Waals surface area contributed by atoms with Crippen molar-refractivity contribution in [2.45, 2.75) is 13.5 Å². The van der Waals surface area contributed by atoms with E-state index in [1.807, 2.05) is 0 Å². The summed E-state index contributed by atoms with van der Waals surface area (Å²) in [5.74, 6) is -0.658. The molecule has 0 spiro atoms. The molecule has 0 saturated carbocycles. The Kier molecular flexibility index (Phi) is 3.46. The van der Waals surface area contributed by atoms with Gasteiger partial charge in [-0.1, -0.05) is 18.2 Å². The molecule has 0 unspecified atom stereocenters. The average molecular weight is 259 g/mol. The van der Waals surface area contributed by atoms with Crippen molar-refractivity contribution in [3.05, 3.63) is 35.1 Å². The summed E-state index contributed by atoms with van der Waals surface area (Å²) < 4.78 is 43.2. The van der Waals surface area contributed by atoms with Gasteiger partial charge in [-0.05, 0) is 12.5 Å². The summed E-state index contributed by atoms with van der Waals surface area (Å²) in [7, 11) is -3.41. The third-order valence-corrected chi connectivity index (χ3v) is 4.29. The molecule has 6 heteroatoms. The minimum Gasteiger partial charge on any atom is -0.363 e. The fourth-order valence-electron chi connectivity index (χ4n) is 1.74. The van der Waals surface area contributed by atoms with Crippen LogP contribution in [0.2, 0.25) is 0 Å². The zero-order valence-corrected chi connectivity index (χ0v) is 10.3. The number of ether oxygens (including phenoxy) is 1. The van der Waals surface area contributed by atoms with Crippen LogP contribution in [0.25, 0.3) is 0 Å². The first kappa shape index (κ1) is 12.5. The molecule has 0 amide bonds. The summed E-state index contributed by atoms with van der Waals surface area (Å²) in [6, 6.07) is 4.99. The Balaban J connectivity index is 2.23. The standard InChI is InChI=1S/C11H14FNO3S/c1-9-3-2-4-10(11(9)12)7-13-5-6-16-8-17(13,14)15/h2-4H,5-8H2,1H3. The first-order valence-corrected chi connectivity index (χ1v) is 6.91. The van der Waals surface area contributed by atoms with Gasteiger partial charge < -0.3 is 4.74 Å². The lowest BCUT2D eigenvalue weighted by atomic mass is 10.1. The molecule has 17 heavy (non-hydrogen) atoms. The van der Waals surface area contributed by atoms with Gasteiger partial charge in [-0.3, -0.25) is 0 Å². The monoisotopic (exact) mass is 259 g/mol. The van der Waals surface area contributed by atoms with Gasteiger partial charge in [0.05, 0.1) is 6.61 Å². The molecule has 4 nitrogen and oxygen atoms in total. The van der Waals surface area contributed by atoms with Crippen molar-refractivity contribution >= 4 is 10.0 Å². The molecule has 0 radical (unpaired) electrons. The van der Waals surface area contributed by atoms with E-state index in [0.29, 0.717) is 17.7 Å². The predicted octanol–water partition coefficient (Wildman–Crippen LogP) is 1.25. The van der Waals surface area contributed by atoms with Crippen molar-refractivity contribution in [1.82, 2.24) is 4.31 Å². The van der Waals surface area contributed by atoms with Gasteiger partial charge in [0.1, 0.15) is 5.82 Å². The highest BCUT2D eigenvalue weighted by Gasteiger charge is 2.27. The zero-order chi connectivity index (χ0) is 12.5. The fourth-order valence-corrected chi connectivity index (χ4v) is 2.91. The molecule has 0 aliphatic carbocycles. The maximum atomic E-state index is 13.8. The first-order valence-electron chi connectivity index (χ1n) is 5.30. The summed E-state index contributed by atoms with van der Waals surface area (Å²) in [6.07, 6.45) is 0. The lowest BCUT2D eigenvalue weighted by molar-refractivity contribution is 0.130. The van der Waals surface area contributed by atoms with Crippen LogP contribution in [0.15, 0.2) is 18.2 Å². The zero-order valence-electron chi connectivity index (χ0n) is 9.52. The lowest BCUT2D eigenvalue weighted by Gasteiger charge is -2.26. The van der Waals surface area contributed by atoms with Gasteiger partial charge in [-0.2, -0.15) is 4.31 Å². The molecule has 1 heterocycles. The second-order valence-corrected chi connectivity index (χ2v) is 5.94. The first-order chi connectivity index (χ1) is 8.00. The van der Waals surface area contributed by atoms with Gasteiger partial charge in [-0.15, -0.1) is 0 Å². The SMILES string of the molecule is Cc1cccc(CN2CCOCS2(=O)=O)c1F. The van der Waals surface area contributed by atoms with Crippen molar-refractivity contribution < 1.29 is 17.5 Å². The van der Waals surface area contributed by atoms with Crippen LogP contribution in [-0.4, -0.2) is 31.8 Å². The van der Waals surface area contributed by atoms with Crippen LogP contribution < -0.4 is 0 Å². The Morgan fingerprint density at radius 2 is 2.24 bits per heavy atom. The topological polar surface area (TPSA) is 46.6 Å². The fraction of sp³-hybridized carbons (Fsp3) is 0.455. The van der Waals surface area contributed by atoms with Crippen LogP contribution in [0.1, 0.15) is 11.1 Å². The average Bonchev–Trinajstić information content (AvgIpc) is 2.27. The van der Waals surface area contributed by atoms with Gasteiger partial charge in [0, 0.05) is 18.7 Å². The summed E-state index contributed by atoms with van der Waals surface area (Å²) in [5, 5.41) is 0. The van der Waals surface area contributed by atoms with E-state index in [0.717, 1.165) is 0 Å². The van der Waals surface area contributed by atoms with E-state index >= 15 is 0 Å². The van der Waals surface area contributed by atoms with Gasteiger partial charge in [0.15, 0.2) is 5.94 Å². The quantitative estimate of drug-likeness (QED) is 0.803. The smallest absolute Gasteiger partial charge is 0.238 e. The molecular formula is C11H14FNO3S. The van der Waals surface area contributed by atoms with E-state index in [-0.39, 0.29) is 24.8 Å². The van der Waals surface area contributed by atoms with E-state index in [2.05, 4.69) is 0 Å². The number of hydrogen-bond donors (Lipinski definition) is 0. The number of aryl methyl sites for hydroxylation is 1. The highest BCUT2D eigenvalue weighted by molar-refractivity contribution is 7.88. The van der Waals surface area contributed by atoms with Crippen LogP contribution in [-0.2, 0) is 21.3 Å². The molecule has 1 aromatic rings. The summed E-state index contributed by atoms with van der Waals surface area (Å²) in [5.41, 5.74) is 0.920. The number of halogens is 1. The van der Waals surface area contributed by atoms with E-state index in [1.165, 1.54) is 4.31 Å². The summed E-state index contributed by atoms with van der Waals surface area (Å²) in [4.78, 5) is 0. The number of rotatable bonds is 2. The molecule has 0 atom stereocenters. The van der Waals surface area contributed by atoms with Crippen LogP contribution >= 0.6 is 0 Å². The maximum Gasteiger partial charge on any atom is 0.238 e. The van der Waals surface area contributed by atoms with Crippen LogP contribution in [0.5, 0.6) is 0 Å². The Morgan fingerprint density at radius 1 is 1.47 bits per heavy atom. The van der Waals surface area contributed by atoms with Gasteiger partial charge in [0.2, 0.25) is 10.0 Å². The van der Waals surface area contributed by atoms with E-state index in [4.69, 9.17) is 4.74 Å². The largest absolute Gasteiger partial charge is 0.363 e. The van der Waals surface area contributed by atoms with Crippen molar-refractivity contribution in [2.75, 3.05) is 19.1 Å². The third-order valence-electron chi connectivity index (χ3n) is 2.73. The highest BCUT2D eigenvalue weighted by Crippen LogP contribution is 2.17. The normalized spacial score (nSPS) is 20.4. The highest BCUT2D eigenvalue weighted by atomic mass is 32.2. The molecule has 94 valence electrons. The third kappa shape index (κ3) is 2.65. The maximum absolute atomic E-state index is 13.8. The molecule has 0 N–H and O–H groups in total. The number of hydrogen-bond acceptors (Lipinski definition) is 3. The van der Waals surface area contributed by atoms with Crippen molar-refractivity contribution in [3.8, 4) is 0 Å². The number of benzene rings is 1. The van der Waals surface area contributed by atoms with E-state index in [9.17, 15) is 12.8 Å². The van der Waals surface area contributed by atoms with E-state index < -0.39 is 10.0 Å². The molecule has 0 aromatic heterocycles. The molecule has 2 rings (SSSR count). The molecule has 1 aromatic carbocycles.